The lowest BCUT2D eigenvalue weighted by Gasteiger charge is -2.10. The Balaban J connectivity index is 1.74. The second-order valence-corrected chi connectivity index (χ2v) is 6.86. The summed E-state index contributed by atoms with van der Waals surface area (Å²) in [6.45, 7) is 0. The highest BCUT2D eigenvalue weighted by atomic mass is 32.2. The third-order valence-electron chi connectivity index (χ3n) is 3.98. The maximum Gasteiger partial charge on any atom is 0.266 e. The molecule has 1 N–H and O–H groups in total. The molecule has 28 heavy (non-hydrogen) atoms. The molecule has 0 saturated heterocycles. The zero-order valence-corrected chi connectivity index (χ0v) is 16.1. The molecular formula is C20H18FN3O3S. The second kappa shape index (κ2) is 8.71. The molecule has 3 rings (SSSR count). The molecule has 6 nitrogen and oxygen atoms in total. The van der Waals surface area contributed by atoms with Crippen LogP contribution in [0.2, 0.25) is 0 Å². The number of nitrogens with zero attached hydrogens (tertiary/aromatic N) is 2. The molecule has 144 valence electrons. The van der Waals surface area contributed by atoms with E-state index in [-0.39, 0.29) is 11.4 Å². The van der Waals surface area contributed by atoms with Crippen molar-refractivity contribution in [3.8, 4) is 5.75 Å². The van der Waals surface area contributed by atoms with Crippen molar-refractivity contribution in [2.45, 2.75) is 10.9 Å². The van der Waals surface area contributed by atoms with Gasteiger partial charge >= 0.3 is 0 Å². The van der Waals surface area contributed by atoms with Crippen molar-refractivity contribution in [2.75, 3.05) is 12.4 Å². The summed E-state index contributed by atoms with van der Waals surface area (Å²) < 4.78 is 19.4. The monoisotopic (exact) mass is 399 g/mol. The van der Waals surface area contributed by atoms with Gasteiger partial charge in [0.1, 0.15) is 17.1 Å². The zero-order chi connectivity index (χ0) is 20.1. The van der Waals surface area contributed by atoms with Crippen molar-refractivity contribution in [1.29, 1.82) is 0 Å². The quantitative estimate of drug-likeness (QED) is 0.508. The van der Waals surface area contributed by atoms with Crippen LogP contribution < -0.4 is 15.6 Å². The van der Waals surface area contributed by atoms with Crippen molar-refractivity contribution in [1.82, 2.24) is 9.55 Å². The first kappa shape index (κ1) is 19.6. The van der Waals surface area contributed by atoms with Gasteiger partial charge in [0.2, 0.25) is 0 Å². The van der Waals surface area contributed by atoms with E-state index in [1.807, 2.05) is 0 Å². The molecule has 0 aliphatic carbocycles. The Hall–Kier alpha value is -3.13. The van der Waals surface area contributed by atoms with E-state index in [9.17, 15) is 14.0 Å². The van der Waals surface area contributed by atoms with Crippen LogP contribution in [0.5, 0.6) is 5.75 Å². The molecule has 2 aromatic carbocycles. The van der Waals surface area contributed by atoms with Gasteiger partial charge in [0.25, 0.3) is 11.5 Å². The lowest BCUT2D eigenvalue weighted by atomic mass is 10.2. The molecule has 1 aromatic heterocycles. The number of amides is 1. The summed E-state index contributed by atoms with van der Waals surface area (Å²) >= 11 is 1.33. The van der Waals surface area contributed by atoms with Gasteiger partial charge in [0, 0.05) is 30.8 Å². The lowest BCUT2D eigenvalue weighted by molar-refractivity contribution is 0.102. The van der Waals surface area contributed by atoms with Gasteiger partial charge in [-0.3, -0.25) is 14.2 Å². The van der Waals surface area contributed by atoms with Crippen LogP contribution in [0.15, 0.2) is 64.7 Å². The molecule has 1 heterocycles. The van der Waals surface area contributed by atoms with Gasteiger partial charge in [0.15, 0.2) is 5.16 Å². The molecule has 0 bridgehead atoms. The highest BCUT2D eigenvalue weighted by Gasteiger charge is 2.15. The first-order valence-electron chi connectivity index (χ1n) is 8.36. The summed E-state index contributed by atoms with van der Waals surface area (Å²) in [7, 11) is 3.09. The number of hydrogen-bond acceptors (Lipinski definition) is 5. The molecule has 1 amide bonds. The number of aromatic nitrogens is 2. The predicted molar refractivity (Wildman–Crippen MR) is 106 cm³/mol. The molecule has 0 unspecified atom stereocenters. The Labute approximate surface area is 165 Å². The highest BCUT2D eigenvalue weighted by Crippen LogP contribution is 2.20. The van der Waals surface area contributed by atoms with Crippen LogP contribution in [0, 0.1) is 5.82 Å². The van der Waals surface area contributed by atoms with Crippen LogP contribution >= 0.6 is 11.8 Å². The van der Waals surface area contributed by atoms with Gasteiger partial charge in [-0.15, -0.1) is 0 Å². The van der Waals surface area contributed by atoms with Crippen LogP contribution in [0.3, 0.4) is 0 Å². The molecule has 0 saturated carbocycles. The summed E-state index contributed by atoms with van der Waals surface area (Å²) in [6, 6.07) is 13.0. The molecule has 0 aliphatic rings. The van der Waals surface area contributed by atoms with E-state index < -0.39 is 11.5 Å². The summed E-state index contributed by atoms with van der Waals surface area (Å²) in [4.78, 5) is 29.3. The minimum absolute atomic E-state index is 0.0588. The number of carbonyl (C=O) groups excluding carboxylic acids is 1. The zero-order valence-electron chi connectivity index (χ0n) is 15.3. The van der Waals surface area contributed by atoms with Crippen molar-refractivity contribution in [3.63, 3.8) is 0 Å². The summed E-state index contributed by atoms with van der Waals surface area (Å²) in [5, 5.41) is 3.13. The third kappa shape index (κ3) is 4.58. The Kier molecular flexibility index (Phi) is 6.10. The van der Waals surface area contributed by atoms with Crippen molar-refractivity contribution in [2.24, 2.45) is 7.05 Å². The third-order valence-corrected chi connectivity index (χ3v) is 5.09. The number of rotatable bonds is 6. The van der Waals surface area contributed by atoms with Gasteiger partial charge < -0.3 is 10.1 Å². The molecule has 0 radical (unpaired) electrons. The summed E-state index contributed by atoms with van der Waals surface area (Å²) in [6.07, 6.45) is 1.27. The van der Waals surface area contributed by atoms with Crippen LogP contribution in [0.25, 0.3) is 0 Å². The standard InChI is InChI=1S/C20H18FN3O3S/c1-24-19(26)17(18(25)23-15-4-3-5-16(10-15)27-2)11-22-20(24)28-12-13-6-8-14(21)9-7-13/h3-11H,12H2,1-2H3,(H,23,25). The minimum atomic E-state index is -0.545. The molecule has 0 atom stereocenters. The van der Waals surface area contributed by atoms with Gasteiger partial charge in [-0.25, -0.2) is 9.37 Å². The van der Waals surface area contributed by atoms with E-state index in [0.29, 0.717) is 22.3 Å². The Morgan fingerprint density at radius 2 is 2.00 bits per heavy atom. The van der Waals surface area contributed by atoms with Crippen molar-refractivity contribution < 1.29 is 13.9 Å². The molecule has 3 aromatic rings. The first-order valence-corrected chi connectivity index (χ1v) is 9.35. The minimum Gasteiger partial charge on any atom is -0.497 e. The maximum atomic E-state index is 13.0. The summed E-state index contributed by atoms with van der Waals surface area (Å²) in [5.41, 5.74) is 0.912. The molecule has 0 aliphatic heterocycles. The van der Waals surface area contributed by atoms with Gasteiger partial charge in [-0.1, -0.05) is 30.0 Å². The van der Waals surface area contributed by atoms with Crippen molar-refractivity contribution >= 4 is 23.4 Å². The van der Waals surface area contributed by atoms with Gasteiger partial charge in [0.05, 0.1) is 7.11 Å². The van der Waals surface area contributed by atoms with E-state index in [4.69, 9.17) is 4.74 Å². The van der Waals surface area contributed by atoms with E-state index in [1.54, 1.807) is 43.4 Å². The lowest BCUT2D eigenvalue weighted by Crippen LogP contribution is -2.29. The number of carbonyl (C=O) groups is 1. The average Bonchev–Trinajstić information content (AvgIpc) is 2.70. The second-order valence-electron chi connectivity index (χ2n) is 5.92. The topological polar surface area (TPSA) is 73.2 Å². The normalized spacial score (nSPS) is 10.5. The maximum absolute atomic E-state index is 13.0. The van der Waals surface area contributed by atoms with Crippen LogP contribution in [-0.2, 0) is 12.8 Å². The Bertz CT molecular complexity index is 1050. The Morgan fingerprint density at radius 3 is 2.71 bits per heavy atom. The molecule has 0 spiro atoms. The number of hydrogen-bond donors (Lipinski definition) is 1. The fourth-order valence-electron chi connectivity index (χ4n) is 2.45. The largest absolute Gasteiger partial charge is 0.497 e. The van der Waals surface area contributed by atoms with Gasteiger partial charge in [-0.2, -0.15) is 0 Å². The van der Waals surface area contributed by atoms with E-state index in [2.05, 4.69) is 10.3 Å². The number of thioether (sulfide) groups is 1. The fraction of sp³-hybridized carbons (Fsp3) is 0.150. The fourth-order valence-corrected chi connectivity index (χ4v) is 3.34. The smallest absolute Gasteiger partial charge is 0.266 e. The average molecular weight is 399 g/mol. The van der Waals surface area contributed by atoms with E-state index >= 15 is 0 Å². The van der Waals surface area contributed by atoms with Crippen LogP contribution in [0.1, 0.15) is 15.9 Å². The Morgan fingerprint density at radius 1 is 1.25 bits per heavy atom. The molecule has 8 heteroatoms. The van der Waals surface area contributed by atoms with Crippen LogP contribution in [0.4, 0.5) is 10.1 Å². The summed E-state index contributed by atoms with van der Waals surface area (Å²) in [5.74, 6) is 0.272. The SMILES string of the molecule is COc1cccc(NC(=O)c2cnc(SCc3ccc(F)cc3)n(C)c2=O)c1. The number of methoxy groups -OCH3 is 1. The number of nitrogens with one attached hydrogen (secondary N) is 1. The predicted octanol–water partition coefficient (Wildman–Crippen LogP) is 3.47. The number of benzene rings is 2. The van der Waals surface area contributed by atoms with Crippen molar-refractivity contribution in [3.05, 3.63) is 82.0 Å². The number of halogens is 1. The van der Waals surface area contributed by atoms with E-state index in [1.165, 1.54) is 41.8 Å². The van der Waals surface area contributed by atoms with Gasteiger partial charge in [-0.05, 0) is 29.8 Å². The molecule has 0 fully saturated rings. The van der Waals surface area contributed by atoms with Crippen LogP contribution in [-0.4, -0.2) is 22.6 Å². The highest BCUT2D eigenvalue weighted by molar-refractivity contribution is 7.98. The van der Waals surface area contributed by atoms with E-state index in [0.717, 1.165) is 5.56 Å². The first-order chi connectivity index (χ1) is 13.5. The number of ether oxygens (including phenoxy) is 1. The molecular weight excluding hydrogens is 381 g/mol. The number of anilines is 1.